The van der Waals surface area contributed by atoms with Gasteiger partial charge in [-0.2, -0.15) is 0 Å². The predicted octanol–water partition coefficient (Wildman–Crippen LogP) is 2.09. The third-order valence-electron chi connectivity index (χ3n) is 5.20. The van der Waals surface area contributed by atoms with E-state index in [1.807, 2.05) is 24.3 Å². The minimum Gasteiger partial charge on any atom is -0.360 e. The number of benzene rings is 1. The molecular formula is C20H28N4O2. The molecule has 6 heteroatoms. The SMILES string of the molecule is CCN(CC)CCCNC(=O)C1CN(C(=O)c2c[nH]c3ccccc23)C1. The lowest BCUT2D eigenvalue weighted by Gasteiger charge is -2.38. The number of nitrogens with one attached hydrogen (secondary N) is 2. The third kappa shape index (κ3) is 3.90. The van der Waals surface area contributed by atoms with E-state index >= 15 is 0 Å². The molecule has 1 fully saturated rings. The summed E-state index contributed by atoms with van der Waals surface area (Å²) in [6.45, 7) is 9.08. The van der Waals surface area contributed by atoms with Crippen molar-refractivity contribution in [1.82, 2.24) is 20.1 Å². The minimum absolute atomic E-state index is 0.00645. The molecule has 26 heavy (non-hydrogen) atoms. The van der Waals surface area contributed by atoms with E-state index in [0.717, 1.165) is 37.0 Å². The summed E-state index contributed by atoms with van der Waals surface area (Å²) in [5, 5.41) is 3.93. The fourth-order valence-corrected chi connectivity index (χ4v) is 3.43. The number of carbonyl (C=O) groups is 2. The molecule has 2 aromatic rings. The lowest BCUT2D eigenvalue weighted by molar-refractivity contribution is -0.128. The highest BCUT2D eigenvalue weighted by molar-refractivity contribution is 6.07. The topological polar surface area (TPSA) is 68.4 Å². The summed E-state index contributed by atoms with van der Waals surface area (Å²) < 4.78 is 0. The van der Waals surface area contributed by atoms with Gasteiger partial charge in [-0.05, 0) is 32.1 Å². The van der Waals surface area contributed by atoms with E-state index < -0.39 is 0 Å². The van der Waals surface area contributed by atoms with Gasteiger partial charge >= 0.3 is 0 Å². The number of amides is 2. The average molecular weight is 356 g/mol. The first-order chi connectivity index (χ1) is 12.6. The Kier molecular flexibility index (Phi) is 5.93. The van der Waals surface area contributed by atoms with Crippen molar-refractivity contribution in [3.05, 3.63) is 36.0 Å². The van der Waals surface area contributed by atoms with Crippen LogP contribution in [0.5, 0.6) is 0 Å². The van der Waals surface area contributed by atoms with Crippen LogP contribution in [0.15, 0.2) is 30.5 Å². The molecule has 3 rings (SSSR count). The standard InChI is InChI=1S/C20H28N4O2/c1-3-23(4-2)11-7-10-21-19(25)15-13-24(14-15)20(26)17-12-22-18-9-6-5-8-16(17)18/h5-6,8-9,12,15,22H,3-4,7,10-11,13-14H2,1-2H3,(H,21,25). The summed E-state index contributed by atoms with van der Waals surface area (Å²) in [6.07, 6.45) is 2.71. The molecule has 1 saturated heterocycles. The smallest absolute Gasteiger partial charge is 0.256 e. The van der Waals surface area contributed by atoms with Gasteiger partial charge in [-0.3, -0.25) is 9.59 Å². The number of H-pyrrole nitrogens is 1. The summed E-state index contributed by atoms with van der Waals surface area (Å²) in [5.74, 6) is -0.0295. The van der Waals surface area contributed by atoms with Crippen LogP contribution in [0, 0.1) is 5.92 Å². The van der Waals surface area contributed by atoms with E-state index in [4.69, 9.17) is 0 Å². The zero-order chi connectivity index (χ0) is 18.5. The van der Waals surface area contributed by atoms with Gasteiger partial charge < -0.3 is 20.1 Å². The van der Waals surface area contributed by atoms with E-state index in [1.165, 1.54) is 0 Å². The van der Waals surface area contributed by atoms with Gasteiger partial charge in [0.25, 0.3) is 5.91 Å². The van der Waals surface area contributed by atoms with Gasteiger partial charge in [0.2, 0.25) is 5.91 Å². The number of hydrogen-bond donors (Lipinski definition) is 2. The maximum atomic E-state index is 12.6. The summed E-state index contributed by atoms with van der Waals surface area (Å²) >= 11 is 0. The molecule has 0 bridgehead atoms. The van der Waals surface area contributed by atoms with E-state index in [1.54, 1.807) is 11.1 Å². The molecule has 140 valence electrons. The first-order valence-corrected chi connectivity index (χ1v) is 9.49. The second-order valence-electron chi connectivity index (χ2n) is 6.83. The van der Waals surface area contributed by atoms with Gasteiger partial charge in [0.1, 0.15) is 0 Å². The van der Waals surface area contributed by atoms with Gasteiger partial charge in [-0.1, -0.05) is 32.0 Å². The number of aromatic amines is 1. The highest BCUT2D eigenvalue weighted by atomic mass is 16.2. The first-order valence-electron chi connectivity index (χ1n) is 9.49. The Balaban J connectivity index is 1.43. The number of carbonyl (C=O) groups excluding carboxylic acids is 2. The minimum atomic E-state index is -0.0855. The molecule has 0 spiro atoms. The Hall–Kier alpha value is -2.34. The Labute approximate surface area is 154 Å². The zero-order valence-corrected chi connectivity index (χ0v) is 15.6. The van der Waals surface area contributed by atoms with Crippen LogP contribution in [0.25, 0.3) is 10.9 Å². The van der Waals surface area contributed by atoms with Gasteiger partial charge in [-0.25, -0.2) is 0 Å². The molecule has 0 radical (unpaired) electrons. The van der Waals surface area contributed by atoms with Crippen LogP contribution in [0.2, 0.25) is 0 Å². The maximum Gasteiger partial charge on any atom is 0.256 e. The number of para-hydroxylation sites is 1. The molecule has 2 N–H and O–H groups in total. The van der Waals surface area contributed by atoms with E-state index in [-0.39, 0.29) is 17.7 Å². The lowest BCUT2D eigenvalue weighted by Crippen LogP contribution is -2.55. The van der Waals surface area contributed by atoms with E-state index in [0.29, 0.717) is 25.2 Å². The first kappa shape index (κ1) is 18.5. The second kappa shape index (κ2) is 8.36. The fraction of sp³-hybridized carbons (Fsp3) is 0.500. The molecular weight excluding hydrogens is 328 g/mol. The van der Waals surface area contributed by atoms with Crippen LogP contribution < -0.4 is 5.32 Å². The Morgan fingerprint density at radius 1 is 1.23 bits per heavy atom. The quantitative estimate of drug-likeness (QED) is 0.712. The van der Waals surface area contributed by atoms with Crippen molar-refractivity contribution >= 4 is 22.7 Å². The van der Waals surface area contributed by atoms with Crippen LogP contribution in [-0.2, 0) is 4.79 Å². The van der Waals surface area contributed by atoms with Crippen LogP contribution in [0.3, 0.4) is 0 Å². The number of rotatable bonds is 8. The van der Waals surface area contributed by atoms with Crippen molar-refractivity contribution in [2.24, 2.45) is 5.92 Å². The number of hydrogen-bond acceptors (Lipinski definition) is 3. The summed E-state index contributed by atoms with van der Waals surface area (Å²) in [6, 6.07) is 7.77. The van der Waals surface area contributed by atoms with Crippen molar-refractivity contribution in [3.63, 3.8) is 0 Å². The molecule has 0 unspecified atom stereocenters. The largest absolute Gasteiger partial charge is 0.360 e. The molecule has 6 nitrogen and oxygen atoms in total. The average Bonchev–Trinajstić information content (AvgIpc) is 3.04. The highest BCUT2D eigenvalue weighted by Crippen LogP contribution is 2.24. The predicted molar refractivity (Wildman–Crippen MR) is 103 cm³/mol. The molecule has 0 aliphatic carbocycles. The second-order valence-corrected chi connectivity index (χ2v) is 6.83. The van der Waals surface area contributed by atoms with Crippen LogP contribution in [0.4, 0.5) is 0 Å². The fourth-order valence-electron chi connectivity index (χ4n) is 3.43. The Bertz CT molecular complexity index is 760. The van der Waals surface area contributed by atoms with Crippen molar-refractivity contribution < 1.29 is 9.59 Å². The highest BCUT2D eigenvalue weighted by Gasteiger charge is 2.36. The molecule has 2 heterocycles. The molecule has 1 aromatic heterocycles. The molecule has 2 amide bonds. The summed E-state index contributed by atoms with van der Waals surface area (Å²) in [7, 11) is 0. The maximum absolute atomic E-state index is 12.6. The summed E-state index contributed by atoms with van der Waals surface area (Å²) in [5.41, 5.74) is 1.64. The number of aromatic nitrogens is 1. The molecule has 0 saturated carbocycles. The number of fused-ring (bicyclic) bond motifs is 1. The number of likely N-dealkylation sites (tertiary alicyclic amines) is 1. The molecule has 1 aromatic carbocycles. The van der Waals surface area contributed by atoms with Gasteiger partial charge in [-0.15, -0.1) is 0 Å². The van der Waals surface area contributed by atoms with E-state index in [9.17, 15) is 9.59 Å². The van der Waals surface area contributed by atoms with Crippen LogP contribution in [0.1, 0.15) is 30.6 Å². The van der Waals surface area contributed by atoms with Crippen molar-refractivity contribution in [1.29, 1.82) is 0 Å². The van der Waals surface area contributed by atoms with Gasteiger partial charge in [0, 0.05) is 36.7 Å². The summed E-state index contributed by atoms with van der Waals surface area (Å²) in [4.78, 5) is 32.1. The Morgan fingerprint density at radius 3 is 2.69 bits per heavy atom. The monoisotopic (exact) mass is 356 g/mol. The number of nitrogens with zero attached hydrogens (tertiary/aromatic N) is 2. The van der Waals surface area contributed by atoms with Crippen molar-refractivity contribution in [3.8, 4) is 0 Å². The van der Waals surface area contributed by atoms with Crippen molar-refractivity contribution in [2.75, 3.05) is 39.3 Å². The van der Waals surface area contributed by atoms with Gasteiger partial charge in [0.05, 0.1) is 11.5 Å². The van der Waals surface area contributed by atoms with E-state index in [2.05, 4.69) is 29.0 Å². The molecule has 0 atom stereocenters. The van der Waals surface area contributed by atoms with Crippen LogP contribution in [-0.4, -0.2) is 65.9 Å². The van der Waals surface area contributed by atoms with Gasteiger partial charge in [0.15, 0.2) is 0 Å². The Morgan fingerprint density at radius 2 is 1.96 bits per heavy atom. The molecule has 1 aliphatic rings. The normalized spacial score (nSPS) is 14.7. The van der Waals surface area contributed by atoms with Crippen LogP contribution >= 0.6 is 0 Å². The molecule has 1 aliphatic heterocycles. The lowest BCUT2D eigenvalue weighted by atomic mass is 9.97. The zero-order valence-electron chi connectivity index (χ0n) is 15.6. The van der Waals surface area contributed by atoms with Crippen molar-refractivity contribution in [2.45, 2.75) is 20.3 Å². The third-order valence-corrected chi connectivity index (χ3v) is 5.20.